The highest BCUT2D eigenvalue weighted by Gasteiger charge is 2.15. The summed E-state index contributed by atoms with van der Waals surface area (Å²) in [6.45, 7) is 2.47. The van der Waals surface area contributed by atoms with Crippen molar-refractivity contribution in [2.75, 3.05) is 17.6 Å². The van der Waals surface area contributed by atoms with Crippen molar-refractivity contribution in [2.45, 2.75) is 44.3 Å². The number of hydrogen-bond acceptors (Lipinski definition) is 4. The molecule has 23 heavy (non-hydrogen) atoms. The van der Waals surface area contributed by atoms with Crippen LogP contribution in [-0.4, -0.2) is 29.4 Å². The summed E-state index contributed by atoms with van der Waals surface area (Å²) < 4.78 is 0. The molecule has 0 aliphatic carbocycles. The van der Waals surface area contributed by atoms with Crippen LogP contribution in [0.25, 0.3) is 0 Å². The van der Waals surface area contributed by atoms with Crippen molar-refractivity contribution < 1.29 is 9.59 Å². The van der Waals surface area contributed by atoms with E-state index in [1.54, 1.807) is 18.2 Å². The zero-order valence-electron chi connectivity index (χ0n) is 13.5. The molecule has 1 aromatic rings. The number of rotatable bonds is 8. The molecule has 1 fully saturated rings. The van der Waals surface area contributed by atoms with Crippen molar-refractivity contribution in [2.24, 2.45) is 0 Å². The first-order valence-electron chi connectivity index (χ1n) is 8.15. The maximum absolute atomic E-state index is 12.0. The summed E-state index contributed by atoms with van der Waals surface area (Å²) in [6.07, 6.45) is 5.07. The molecule has 1 unspecified atom stereocenters. The predicted molar refractivity (Wildman–Crippen MR) is 100 cm³/mol. The zero-order chi connectivity index (χ0) is 16.5. The Labute approximate surface area is 146 Å². The van der Waals surface area contributed by atoms with E-state index < -0.39 is 0 Å². The Morgan fingerprint density at radius 3 is 2.91 bits per heavy atom. The molecule has 1 heterocycles. The number of benzene rings is 1. The summed E-state index contributed by atoms with van der Waals surface area (Å²) in [4.78, 5) is 23.8. The molecule has 2 rings (SSSR count). The van der Waals surface area contributed by atoms with Crippen molar-refractivity contribution in [3.8, 4) is 0 Å². The number of amides is 2. The number of nitrogens with one attached hydrogen (secondary N) is 2. The fourth-order valence-corrected chi connectivity index (χ4v) is 5.47. The average Bonchev–Trinajstić information content (AvgIpc) is 3.05. The topological polar surface area (TPSA) is 58.2 Å². The maximum atomic E-state index is 12.0. The van der Waals surface area contributed by atoms with Crippen molar-refractivity contribution in [1.29, 1.82) is 0 Å². The van der Waals surface area contributed by atoms with E-state index in [-0.39, 0.29) is 11.8 Å². The van der Waals surface area contributed by atoms with Gasteiger partial charge in [-0.15, -0.1) is 0 Å². The van der Waals surface area contributed by atoms with Crippen molar-refractivity contribution in [3.63, 3.8) is 0 Å². The van der Waals surface area contributed by atoms with Crippen molar-refractivity contribution in [1.82, 2.24) is 5.32 Å². The van der Waals surface area contributed by atoms with Crippen LogP contribution in [0, 0.1) is 0 Å². The Balaban J connectivity index is 1.71. The third-order valence-corrected chi connectivity index (χ3v) is 6.66. The first-order chi connectivity index (χ1) is 11.2. The fraction of sp³-hybridized carbons (Fsp3) is 0.529. The molecule has 2 amide bonds. The Kier molecular flexibility index (Phi) is 7.82. The number of carbonyl (C=O) groups excluding carboxylic acids is 2. The van der Waals surface area contributed by atoms with Gasteiger partial charge in [0.2, 0.25) is 5.91 Å². The normalized spacial score (nSPS) is 17.0. The SMILES string of the molecule is CCNC(=O)c1cccc(NC(=O)CCCCC2CCSS2)c1. The monoisotopic (exact) mass is 352 g/mol. The second-order valence-corrected chi connectivity index (χ2v) is 8.35. The lowest BCUT2D eigenvalue weighted by molar-refractivity contribution is -0.116. The maximum Gasteiger partial charge on any atom is 0.251 e. The summed E-state index contributed by atoms with van der Waals surface area (Å²) in [5.41, 5.74) is 1.25. The summed E-state index contributed by atoms with van der Waals surface area (Å²) >= 11 is 0. The molecule has 0 spiro atoms. The van der Waals surface area contributed by atoms with Gasteiger partial charge < -0.3 is 10.6 Å². The van der Waals surface area contributed by atoms with E-state index in [9.17, 15) is 9.59 Å². The van der Waals surface area contributed by atoms with E-state index in [4.69, 9.17) is 0 Å². The van der Waals surface area contributed by atoms with Crippen LogP contribution in [0.3, 0.4) is 0 Å². The first kappa shape index (κ1) is 18.2. The predicted octanol–water partition coefficient (Wildman–Crippen LogP) is 4.09. The lowest BCUT2D eigenvalue weighted by atomic mass is 10.1. The molecule has 1 atom stereocenters. The molecule has 0 aromatic heterocycles. The van der Waals surface area contributed by atoms with Gasteiger partial charge in [-0.1, -0.05) is 34.1 Å². The standard InChI is InChI=1S/C17H24N2O2S2/c1-2-18-17(21)13-6-5-7-14(12-13)19-16(20)9-4-3-8-15-10-11-22-23-15/h5-7,12,15H,2-4,8-11H2,1H3,(H,18,21)(H,19,20). The molecular formula is C17H24N2O2S2. The van der Waals surface area contributed by atoms with Gasteiger partial charge in [-0.3, -0.25) is 9.59 Å². The van der Waals surface area contributed by atoms with Gasteiger partial charge in [0.25, 0.3) is 5.91 Å². The lowest BCUT2D eigenvalue weighted by Gasteiger charge is -2.09. The molecule has 1 aliphatic rings. The van der Waals surface area contributed by atoms with Crippen LogP contribution in [-0.2, 0) is 4.79 Å². The van der Waals surface area contributed by atoms with Crippen LogP contribution in [0.2, 0.25) is 0 Å². The summed E-state index contributed by atoms with van der Waals surface area (Å²) in [7, 11) is 3.95. The first-order valence-corrected chi connectivity index (χ1v) is 10.5. The van der Waals surface area contributed by atoms with Gasteiger partial charge in [0.1, 0.15) is 0 Å². The molecule has 0 saturated carbocycles. The molecule has 0 bridgehead atoms. The van der Waals surface area contributed by atoms with Gasteiger partial charge >= 0.3 is 0 Å². The van der Waals surface area contributed by atoms with Crippen LogP contribution in [0.15, 0.2) is 24.3 Å². The molecular weight excluding hydrogens is 328 g/mol. The van der Waals surface area contributed by atoms with Gasteiger partial charge in [0.15, 0.2) is 0 Å². The van der Waals surface area contributed by atoms with E-state index >= 15 is 0 Å². The van der Waals surface area contributed by atoms with Gasteiger partial charge in [0.05, 0.1) is 0 Å². The molecule has 0 radical (unpaired) electrons. The van der Waals surface area contributed by atoms with E-state index in [2.05, 4.69) is 10.6 Å². The van der Waals surface area contributed by atoms with Crippen LogP contribution in [0.5, 0.6) is 0 Å². The average molecular weight is 353 g/mol. The van der Waals surface area contributed by atoms with Crippen LogP contribution < -0.4 is 10.6 Å². The smallest absolute Gasteiger partial charge is 0.251 e. The largest absolute Gasteiger partial charge is 0.352 e. The van der Waals surface area contributed by atoms with E-state index in [0.717, 1.165) is 18.1 Å². The minimum atomic E-state index is -0.115. The highest BCUT2D eigenvalue weighted by Crippen LogP contribution is 2.39. The molecule has 1 aliphatic heterocycles. The van der Waals surface area contributed by atoms with Crippen molar-refractivity contribution in [3.05, 3.63) is 29.8 Å². The minimum absolute atomic E-state index is 0.0199. The van der Waals surface area contributed by atoms with Crippen LogP contribution in [0.4, 0.5) is 5.69 Å². The highest BCUT2D eigenvalue weighted by molar-refractivity contribution is 8.77. The molecule has 126 valence electrons. The quantitative estimate of drug-likeness (QED) is 0.546. The molecule has 6 heteroatoms. The van der Waals surface area contributed by atoms with Gasteiger partial charge in [0, 0.05) is 35.2 Å². The lowest BCUT2D eigenvalue weighted by Crippen LogP contribution is -2.22. The third kappa shape index (κ3) is 6.47. The van der Waals surface area contributed by atoms with Gasteiger partial charge in [-0.05, 0) is 44.4 Å². The third-order valence-electron chi connectivity index (χ3n) is 3.65. The molecule has 4 nitrogen and oxygen atoms in total. The number of anilines is 1. The van der Waals surface area contributed by atoms with E-state index in [0.29, 0.717) is 24.2 Å². The second kappa shape index (κ2) is 9.88. The summed E-state index contributed by atoms with van der Waals surface area (Å²) in [5, 5.41) is 6.41. The van der Waals surface area contributed by atoms with Gasteiger partial charge in [-0.2, -0.15) is 0 Å². The Morgan fingerprint density at radius 1 is 1.30 bits per heavy atom. The highest BCUT2D eigenvalue weighted by atomic mass is 33.1. The summed E-state index contributed by atoms with van der Waals surface area (Å²) in [5.74, 6) is 1.17. The number of carbonyl (C=O) groups is 2. The van der Waals surface area contributed by atoms with E-state index in [1.165, 1.54) is 18.6 Å². The molecule has 2 N–H and O–H groups in total. The molecule has 1 saturated heterocycles. The number of unbranched alkanes of at least 4 members (excludes halogenated alkanes) is 1. The van der Waals surface area contributed by atoms with Crippen LogP contribution >= 0.6 is 21.6 Å². The van der Waals surface area contributed by atoms with Crippen molar-refractivity contribution >= 4 is 39.1 Å². The zero-order valence-corrected chi connectivity index (χ0v) is 15.1. The van der Waals surface area contributed by atoms with Gasteiger partial charge in [-0.25, -0.2) is 0 Å². The fourth-order valence-electron chi connectivity index (χ4n) is 2.45. The minimum Gasteiger partial charge on any atom is -0.352 e. The molecule has 1 aromatic carbocycles. The van der Waals surface area contributed by atoms with Crippen LogP contribution in [0.1, 0.15) is 49.4 Å². The Bertz CT molecular complexity index is 531. The van der Waals surface area contributed by atoms with E-state index in [1.807, 2.05) is 34.6 Å². The Hall–Kier alpha value is -1.14. The second-order valence-electron chi connectivity index (χ2n) is 5.56. The Morgan fingerprint density at radius 2 is 2.17 bits per heavy atom. The summed E-state index contributed by atoms with van der Waals surface area (Å²) in [6, 6.07) is 7.06. The number of hydrogen-bond donors (Lipinski definition) is 2.